The fourth-order valence-corrected chi connectivity index (χ4v) is 0.475. The van der Waals surface area contributed by atoms with Crippen LogP contribution in [0.4, 0.5) is 0 Å². The van der Waals surface area contributed by atoms with Crippen molar-refractivity contribution in [1.82, 2.24) is 0 Å². The van der Waals surface area contributed by atoms with Gasteiger partial charge in [0.1, 0.15) is 0 Å². The molecule has 0 radical (unpaired) electrons. The van der Waals surface area contributed by atoms with Crippen LogP contribution in [-0.4, -0.2) is 35.6 Å². The second-order valence-electron chi connectivity index (χ2n) is 1.32. The third kappa shape index (κ3) is 2.14. The average Bonchev–Trinajstić information content (AvgIpc) is 1.86. The van der Waals surface area contributed by atoms with Gasteiger partial charge in [-0.05, 0) is 6.42 Å². The topological polar surface area (TPSA) is 26.3 Å². The van der Waals surface area contributed by atoms with E-state index in [-0.39, 0.29) is 31.9 Å². The molecule has 1 fully saturated rings. The SMILES string of the molecule is O=C1CCCO1.[H-].[H-].[Mg+2]. The summed E-state index contributed by atoms with van der Waals surface area (Å²) in [5.41, 5.74) is 0. The third-order valence-corrected chi connectivity index (χ3v) is 0.788. The van der Waals surface area contributed by atoms with Crippen molar-refractivity contribution < 1.29 is 12.4 Å². The van der Waals surface area contributed by atoms with Crippen LogP contribution in [0.2, 0.25) is 0 Å². The van der Waals surface area contributed by atoms with Gasteiger partial charge in [0.2, 0.25) is 0 Å². The summed E-state index contributed by atoms with van der Waals surface area (Å²) in [6.45, 7) is 0.638. The Hall–Kier alpha value is 0.236. The molecule has 1 saturated heterocycles. The van der Waals surface area contributed by atoms with Crippen molar-refractivity contribution in [2.45, 2.75) is 12.8 Å². The van der Waals surface area contributed by atoms with Gasteiger partial charge in [-0.25, -0.2) is 0 Å². The molecule has 0 amide bonds. The molecule has 1 heterocycles. The number of cyclic esters (lactones) is 1. The fraction of sp³-hybridized carbons (Fsp3) is 0.750. The predicted octanol–water partition coefficient (Wildman–Crippen LogP) is 0.168. The first-order chi connectivity index (χ1) is 2.89. The number of carbonyl (C=O) groups excluding carboxylic acids is 1. The average molecular weight is 112 g/mol. The minimum Gasteiger partial charge on any atom is -1.00 e. The first-order valence-electron chi connectivity index (χ1n) is 2.05. The maximum absolute atomic E-state index is 10.0. The molecule has 0 saturated carbocycles. The molecule has 0 N–H and O–H groups in total. The maximum Gasteiger partial charge on any atom is 2.00 e. The second kappa shape index (κ2) is 3.27. The molecular formula is C4H8MgO2. The van der Waals surface area contributed by atoms with Gasteiger partial charge in [0, 0.05) is 6.42 Å². The van der Waals surface area contributed by atoms with Crippen molar-refractivity contribution in [2.75, 3.05) is 6.61 Å². The molecule has 0 bridgehead atoms. The van der Waals surface area contributed by atoms with Crippen LogP contribution in [0.25, 0.3) is 0 Å². The van der Waals surface area contributed by atoms with E-state index in [9.17, 15) is 4.79 Å². The van der Waals surface area contributed by atoms with E-state index in [4.69, 9.17) is 0 Å². The molecule has 38 valence electrons. The molecule has 0 spiro atoms. The number of hydrogen-bond donors (Lipinski definition) is 0. The van der Waals surface area contributed by atoms with E-state index < -0.39 is 0 Å². The number of rotatable bonds is 0. The molecule has 2 nitrogen and oxygen atoms in total. The van der Waals surface area contributed by atoms with Crippen molar-refractivity contribution >= 4 is 29.0 Å². The zero-order valence-electron chi connectivity index (χ0n) is 6.14. The van der Waals surface area contributed by atoms with Crippen LogP contribution in [0, 0.1) is 0 Å². The van der Waals surface area contributed by atoms with Gasteiger partial charge in [0.25, 0.3) is 0 Å². The summed E-state index contributed by atoms with van der Waals surface area (Å²) < 4.78 is 4.51. The van der Waals surface area contributed by atoms with Crippen LogP contribution in [0.5, 0.6) is 0 Å². The predicted molar refractivity (Wildman–Crippen MR) is 28.2 cm³/mol. The van der Waals surface area contributed by atoms with Gasteiger partial charge in [-0.3, -0.25) is 4.79 Å². The molecule has 0 aromatic rings. The van der Waals surface area contributed by atoms with Crippen molar-refractivity contribution in [3.05, 3.63) is 0 Å². The molecule has 7 heavy (non-hydrogen) atoms. The quantitative estimate of drug-likeness (QED) is 0.330. The first kappa shape index (κ1) is 7.24. The maximum atomic E-state index is 10.0. The Morgan fingerprint density at radius 3 is 2.57 bits per heavy atom. The molecular weight excluding hydrogens is 104 g/mol. The number of hydrogen-bond acceptors (Lipinski definition) is 2. The summed E-state index contributed by atoms with van der Waals surface area (Å²) in [7, 11) is 0. The molecule has 0 unspecified atom stereocenters. The zero-order chi connectivity index (χ0) is 4.41. The Balaban J connectivity index is -0.000000120. The Kier molecular flexibility index (Phi) is 3.38. The van der Waals surface area contributed by atoms with E-state index in [2.05, 4.69) is 4.74 Å². The van der Waals surface area contributed by atoms with E-state index in [1.807, 2.05) is 0 Å². The van der Waals surface area contributed by atoms with Gasteiger partial charge < -0.3 is 7.59 Å². The second-order valence-corrected chi connectivity index (χ2v) is 1.32. The van der Waals surface area contributed by atoms with Crippen LogP contribution in [0.3, 0.4) is 0 Å². The molecule has 1 aliphatic rings. The zero-order valence-corrected chi connectivity index (χ0v) is 5.56. The Labute approximate surface area is 61.3 Å². The number of carbonyl (C=O) groups is 1. The van der Waals surface area contributed by atoms with Gasteiger partial charge >= 0.3 is 29.0 Å². The van der Waals surface area contributed by atoms with Crippen LogP contribution in [-0.2, 0) is 9.53 Å². The van der Waals surface area contributed by atoms with Crippen molar-refractivity contribution in [3.8, 4) is 0 Å². The van der Waals surface area contributed by atoms with Gasteiger partial charge in [0.05, 0.1) is 6.61 Å². The summed E-state index contributed by atoms with van der Waals surface area (Å²) in [5, 5.41) is 0. The van der Waals surface area contributed by atoms with Crippen LogP contribution >= 0.6 is 0 Å². The Bertz CT molecular complexity index is 71.0. The Morgan fingerprint density at radius 1 is 1.71 bits per heavy atom. The van der Waals surface area contributed by atoms with Crippen molar-refractivity contribution in [1.29, 1.82) is 0 Å². The minimum atomic E-state index is -0.0463. The van der Waals surface area contributed by atoms with Crippen LogP contribution in [0.1, 0.15) is 15.7 Å². The summed E-state index contributed by atoms with van der Waals surface area (Å²) in [6, 6.07) is 0. The Morgan fingerprint density at radius 2 is 2.43 bits per heavy atom. The van der Waals surface area contributed by atoms with Crippen molar-refractivity contribution in [2.24, 2.45) is 0 Å². The molecule has 1 aliphatic heterocycles. The van der Waals surface area contributed by atoms with Crippen LogP contribution in [0.15, 0.2) is 0 Å². The van der Waals surface area contributed by atoms with E-state index in [0.717, 1.165) is 6.42 Å². The smallest absolute Gasteiger partial charge is 1.00 e. The van der Waals surface area contributed by atoms with E-state index in [1.165, 1.54) is 0 Å². The molecule has 0 aromatic carbocycles. The molecule has 0 atom stereocenters. The number of ether oxygens (including phenoxy) is 1. The van der Waals surface area contributed by atoms with Gasteiger partial charge in [-0.1, -0.05) is 0 Å². The largest absolute Gasteiger partial charge is 2.00 e. The fourth-order valence-electron chi connectivity index (χ4n) is 0.475. The third-order valence-electron chi connectivity index (χ3n) is 0.788. The molecule has 0 aliphatic carbocycles. The van der Waals surface area contributed by atoms with E-state index >= 15 is 0 Å². The normalized spacial score (nSPS) is 18.0. The first-order valence-corrected chi connectivity index (χ1v) is 2.05. The minimum absolute atomic E-state index is 0. The summed E-state index contributed by atoms with van der Waals surface area (Å²) >= 11 is 0. The number of esters is 1. The monoisotopic (exact) mass is 112 g/mol. The summed E-state index contributed by atoms with van der Waals surface area (Å²) in [4.78, 5) is 10.0. The summed E-state index contributed by atoms with van der Waals surface area (Å²) in [6.07, 6.45) is 1.54. The molecule has 0 aromatic heterocycles. The summed E-state index contributed by atoms with van der Waals surface area (Å²) in [5.74, 6) is -0.0463. The van der Waals surface area contributed by atoms with Gasteiger partial charge in [0.15, 0.2) is 0 Å². The van der Waals surface area contributed by atoms with Crippen LogP contribution < -0.4 is 0 Å². The molecule has 1 rings (SSSR count). The standard InChI is InChI=1S/C4H6O2.Mg.2H/c5-4-2-1-3-6-4;;;/h1-3H2;;;/q;+2;2*-1. The van der Waals surface area contributed by atoms with Gasteiger partial charge in [-0.15, -0.1) is 0 Å². The molecule has 3 heteroatoms. The van der Waals surface area contributed by atoms with Gasteiger partial charge in [-0.2, -0.15) is 0 Å². The van der Waals surface area contributed by atoms with Crippen molar-refractivity contribution in [3.63, 3.8) is 0 Å². The van der Waals surface area contributed by atoms with E-state index in [1.54, 1.807) is 0 Å². The van der Waals surface area contributed by atoms with E-state index in [0.29, 0.717) is 13.0 Å².